The Morgan fingerprint density at radius 1 is 1.33 bits per heavy atom. The van der Waals surface area contributed by atoms with Gasteiger partial charge in [-0.15, -0.1) is 0 Å². The van der Waals surface area contributed by atoms with Crippen molar-refractivity contribution in [3.63, 3.8) is 0 Å². The van der Waals surface area contributed by atoms with Gasteiger partial charge >= 0.3 is 0 Å². The predicted molar refractivity (Wildman–Crippen MR) is 70.6 cm³/mol. The van der Waals surface area contributed by atoms with E-state index in [2.05, 4.69) is 10.6 Å². The van der Waals surface area contributed by atoms with Crippen molar-refractivity contribution < 1.29 is 9.18 Å². The lowest BCUT2D eigenvalue weighted by Gasteiger charge is -2.10. The first kappa shape index (κ1) is 13.4. The lowest BCUT2D eigenvalue weighted by atomic mass is 10.3. The van der Waals surface area contributed by atoms with Crippen LogP contribution in [0.4, 0.5) is 10.1 Å². The van der Waals surface area contributed by atoms with Crippen molar-refractivity contribution in [2.24, 2.45) is 5.92 Å². The van der Waals surface area contributed by atoms with E-state index < -0.39 is 5.82 Å². The molecule has 0 aromatic heterocycles. The Hall–Kier alpha value is -1.00. The molecule has 1 amide bonds. The molecule has 2 N–H and O–H groups in total. The summed E-state index contributed by atoms with van der Waals surface area (Å²) in [4.78, 5) is 11.5. The number of hydrogen-bond acceptors (Lipinski definition) is 2. The number of hydrogen-bond donors (Lipinski definition) is 2. The molecular weight excluding hydrogens is 278 g/mol. The quantitative estimate of drug-likeness (QED) is 0.875. The number of halogens is 3. The highest BCUT2D eigenvalue weighted by atomic mass is 35.5. The summed E-state index contributed by atoms with van der Waals surface area (Å²) in [6.07, 6.45) is 2.37. The fraction of sp³-hybridized carbons (Fsp3) is 0.417. The maximum absolute atomic E-state index is 12.9. The second kappa shape index (κ2) is 5.76. The van der Waals surface area contributed by atoms with Crippen LogP contribution in [0.15, 0.2) is 12.1 Å². The second-order valence-corrected chi connectivity index (χ2v) is 5.16. The van der Waals surface area contributed by atoms with Gasteiger partial charge in [-0.2, -0.15) is 0 Å². The number of rotatable bonds is 5. The van der Waals surface area contributed by atoms with E-state index in [0.717, 1.165) is 12.1 Å². The molecule has 0 heterocycles. The summed E-state index contributed by atoms with van der Waals surface area (Å²) in [5.41, 5.74) is 0.376. The number of benzene rings is 1. The standard InChI is InChI=1S/C12H13Cl2FN2O/c13-9-3-8(15)4-10(14)12(9)17-6-11(18)16-5-7-1-2-7/h3-4,7,17H,1-2,5-6H2,(H,16,18). The van der Waals surface area contributed by atoms with Gasteiger partial charge in [-0.05, 0) is 30.9 Å². The van der Waals surface area contributed by atoms with Crippen LogP contribution in [0.1, 0.15) is 12.8 Å². The van der Waals surface area contributed by atoms with Gasteiger partial charge in [0.2, 0.25) is 5.91 Å². The zero-order valence-corrected chi connectivity index (χ0v) is 11.1. The van der Waals surface area contributed by atoms with Crippen molar-refractivity contribution in [3.05, 3.63) is 28.0 Å². The number of carbonyl (C=O) groups excluding carboxylic acids is 1. The minimum absolute atomic E-state index is 0.0673. The van der Waals surface area contributed by atoms with E-state index in [4.69, 9.17) is 23.2 Å². The van der Waals surface area contributed by atoms with Gasteiger partial charge in [0.05, 0.1) is 22.3 Å². The van der Waals surface area contributed by atoms with Crippen molar-refractivity contribution in [1.82, 2.24) is 5.32 Å². The summed E-state index contributed by atoms with van der Waals surface area (Å²) in [6, 6.07) is 2.30. The van der Waals surface area contributed by atoms with Gasteiger partial charge in [-0.1, -0.05) is 23.2 Å². The van der Waals surface area contributed by atoms with Crippen molar-refractivity contribution in [2.75, 3.05) is 18.4 Å². The van der Waals surface area contributed by atoms with Gasteiger partial charge in [0.15, 0.2) is 0 Å². The molecule has 1 aromatic rings. The first-order chi connectivity index (χ1) is 8.56. The van der Waals surface area contributed by atoms with E-state index in [1.54, 1.807) is 0 Å². The minimum atomic E-state index is -0.506. The topological polar surface area (TPSA) is 41.1 Å². The van der Waals surface area contributed by atoms with Crippen LogP contribution >= 0.6 is 23.2 Å². The van der Waals surface area contributed by atoms with Gasteiger partial charge in [0.25, 0.3) is 0 Å². The molecule has 0 spiro atoms. The summed E-state index contributed by atoms with van der Waals surface area (Å²) in [6.45, 7) is 0.781. The van der Waals surface area contributed by atoms with E-state index in [9.17, 15) is 9.18 Å². The molecule has 1 saturated carbocycles. The Morgan fingerprint density at radius 2 is 1.94 bits per heavy atom. The summed E-state index contributed by atoms with van der Waals surface area (Å²) in [7, 11) is 0. The third-order valence-electron chi connectivity index (χ3n) is 2.72. The van der Waals surface area contributed by atoms with Crippen molar-refractivity contribution >= 4 is 34.8 Å². The number of carbonyl (C=O) groups is 1. The maximum Gasteiger partial charge on any atom is 0.239 e. The van der Waals surface area contributed by atoms with Gasteiger partial charge in [0, 0.05) is 6.54 Å². The highest BCUT2D eigenvalue weighted by Gasteiger charge is 2.21. The molecule has 98 valence electrons. The lowest BCUT2D eigenvalue weighted by Crippen LogP contribution is -2.31. The van der Waals surface area contributed by atoms with Gasteiger partial charge in [-0.3, -0.25) is 4.79 Å². The molecule has 0 aliphatic heterocycles. The first-order valence-electron chi connectivity index (χ1n) is 5.71. The summed E-state index contributed by atoms with van der Waals surface area (Å²) >= 11 is 11.7. The molecule has 0 bridgehead atoms. The number of nitrogens with one attached hydrogen (secondary N) is 2. The van der Waals surface area contributed by atoms with E-state index in [-0.39, 0.29) is 22.5 Å². The van der Waals surface area contributed by atoms with E-state index in [1.807, 2.05) is 0 Å². The Bertz CT molecular complexity index is 440. The second-order valence-electron chi connectivity index (χ2n) is 4.35. The van der Waals surface area contributed by atoms with Crippen LogP contribution in [0.25, 0.3) is 0 Å². The molecule has 18 heavy (non-hydrogen) atoms. The minimum Gasteiger partial charge on any atom is -0.374 e. The molecule has 1 fully saturated rings. The molecule has 1 aliphatic rings. The monoisotopic (exact) mass is 290 g/mol. The van der Waals surface area contributed by atoms with E-state index in [0.29, 0.717) is 18.2 Å². The van der Waals surface area contributed by atoms with Crippen molar-refractivity contribution in [3.8, 4) is 0 Å². The molecule has 1 aliphatic carbocycles. The summed E-state index contributed by atoms with van der Waals surface area (Å²) < 4.78 is 12.9. The van der Waals surface area contributed by atoms with Crippen LogP contribution in [-0.4, -0.2) is 19.0 Å². The Kier molecular flexibility index (Phi) is 4.30. The highest BCUT2D eigenvalue weighted by molar-refractivity contribution is 6.39. The molecular formula is C12H13Cl2FN2O. The number of amides is 1. The van der Waals surface area contributed by atoms with Crippen LogP contribution in [0.2, 0.25) is 10.0 Å². The molecule has 2 rings (SSSR count). The lowest BCUT2D eigenvalue weighted by molar-refractivity contribution is -0.119. The van der Waals surface area contributed by atoms with Crippen LogP contribution in [-0.2, 0) is 4.79 Å². The van der Waals surface area contributed by atoms with E-state index in [1.165, 1.54) is 12.8 Å². The Morgan fingerprint density at radius 3 is 2.50 bits per heavy atom. The molecule has 3 nitrogen and oxygen atoms in total. The Balaban J connectivity index is 1.86. The molecule has 0 saturated heterocycles. The molecule has 0 radical (unpaired) electrons. The first-order valence-corrected chi connectivity index (χ1v) is 6.47. The fourth-order valence-corrected chi connectivity index (χ4v) is 2.12. The third-order valence-corrected chi connectivity index (χ3v) is 3.31. The largest absolute Gasteiger partial charge is 0.374 e. The smallest absolute Gasteiger partial charge is 0.239 e. The van der Waals surface area contributed by atoms with Crippen molar-refractivity contribution in [2.45, 2.75) is 12.8 Å². The zero-order valence-electron chi connectivity index (χ0n) is 9.60. The molecule has 0 unspecified atom stereocenters. The predicted octanol–water partition coefficient (Wildman–Crippen LogP) is 3.07. The molecule has 1 aromatic carbocycles. The van der Waals surface area contributed by atoms with Crippen LogP contribution in [0.5, 0.6) is 0 Å². The summed E-state index contributed by atoms with van der Waals surface area (Å²) in [5.74, 6) is -0.000889. The van der Waals surface area contributed by atoms with Crippen LogP contribution < -0.4 is 10.6 Å². The highest BCUT2D eigenvalue weighted by Crippen LogP contribution is 2.31. The number of anilines is 1. The zero-order chi connectivity index (χ0) is 13.1. The molecule has 0 atom stereocenters. The SMILES string of the molecule is O=C(CNc1c(Cl)cc(F)cc1Cl)NCC1CC1. The van der Waals surface area contributed by atoms with E-state index >= 15 is 0 Å². The average Bonchev–Trinajstić information content (AvgIpc) is 3.08. The molecule has 6 heteroatoms. The fourth-order valence-electron chi connectivity index (χ4n) is 1.52. The third kappa shape index (κ3) is 3.75. The normalized spacial score (nSPS) is 14.4. The maximum atomic E-state index is 12.9. The Labute approximate surface area is 115 Å². The van der Waals surface area contributed by atoms with Gasteiger partial charge in [0.1, 0.15) is 5.82 Å². The van der Waals surface area contributed by atoms with Crippen molar-refractivity contribution in [1.29, 1.82) is 0 Å². The average molecular weight is 291 g/mol. The van der Waals surface area contributed by atoms with Gasteiger partial charge < -0.3 is 10.6 Å². The van der Waals surface area contributed by atoms with Crippen LogP contribution in [0, 0.1) is 11.7 Å². The van der Waals surface area contributed by atoms with Crippen LogP contribution in [0.3, 0.4) is 0 Å². The van der Waals surface area contributed by atoms with Gasteiger partial charge in [-0.25, -0.2) is 4.39 Å². The summed E-state index contributed by atoms with van der Waals surface area (Å²) in [5, 5.41) is 5.94.